The number of benzene rings is 1. The predicted molar refractivity (Wildman–Crippen MR) is 81.5 cm³/mol. The van der Waals surface area contributed by atoms with Crippen LogP contribution in [0.5, 0.6) is 5.75 Å². The molecule has 0 spiro atoms. The SMILES string of the molecule is O=S(=O)(NCC1(C(F)(F)F)CCCN1)c1cccc2c1OCCC2. The summed E-state index contributed by atoms with van der Waals surface area (Å²) in [4.78, 5) is -0.102. The van der Waals surface area contributed by atoms with E-state index in [4.69, 9.17) is 4.74 Å². The molecule has 134 valence electrons. The number of alkyl halides is 3. The molecule has 0 aliphatic carbocycles. The Morgan fingerprint density at radius 1 is 1.29 bits per heavy atom. The molecule has 1 fully saturated rings. The summed E-state index contributed by atoms with van der Waals surface area (Å²) in [5, 5.41) is 2.41. The van der Waals surface area contributed by atoms with Crippen molar-refractivity contribution in [3.8, 4) is 5.75 Å². The van der Waals surface area contributed by atoms with Crippen LogP contribution in [0.3, 0.4) is 0 Å². The fraction of sp³-hybridized carbons (Fsp3) is 0.600. The second-order valence-electron chi connectivity index (χ2n) is 6.13. The molecule has 3 rings (SSSR count). The molecule has 1 aromatic carbocycles. The van der Waals surface area contributed by atoms with Crippen molar-refractivity contribution in [1.29, 1.82) is 0 Å². The summed E-state index contributed by atoms with van der Waals surface area (Å²) in [5.74, 6) is 0.247. The largest absolute Gasteiger partial charge is 0.492 e. The molecule has 0 bridgehead atoms. The first-order valence-corrected chi connectivity index (χ1v) is 9.30. The first kappa shape index (κ1) is 17.5. The maximum absolute atomic E-state index is 13.3. The first-order chi connectivity index (χ1) is 11.3. The Hall–Kier alpha value is -1.32. The molecular formula is C15H19F3N2O3S. The summed E-state index contributed by atoms with van der Waals surface area (Å²) >= 11 is 0. The maximum atomic E-state index is 13.3. The zero-order valence-corrected chi connectivity index (χ0v) is 13.8. The van der Waals surface area contributed by atoms with Gasteiger partial charge in [-0.1, -0.05) is 12.1 Å². The summed E-state index contributed by atoms with van der Waals surface area (Å²) in [5.41, 5.74) is -1.45. The van der Waals surface area contributed by atoms with Gasteiger partial charge in [-0.05, 0) is 43.9 Å². The van der Waals surface area contributed by atoms with Crippen molar-refractivity contribution in [2.45, 2.75) is 42.3 Å². The van der Waals surface area contributed by atoms with Crippen LogP contribution in [0.25, 0.3) is 0 Å². The van der Waals surface area contributed by atoms with Crippen LogP contribution in [0.4, 0.5) is 13.2 Å². The predicted octanol–water partition coefficient (Wildman–Crippen LogP) is 1.97. The zero-order valence-electron chi connectivity index (χ0n) is 12.9. The Bertz CT molecular complexity index is 713. The number of fused-ring (bicyclic) bond motifs is 1. The van der Waals surface area contributed by atoms with E-state index in [1.807, 2.05) is 0 Å². The highest BCUT2D eigenvalue weighted by Gasteiger charge is 2.56. The molecular weight excluding hydrogens is 345 g/mol. The number of ether oxygens (including phenoxy) is 1. The van der Waals surface area contributed by atoms with Crippen molar-refractivity contribution in [2.24, 2.45) is 0 Å². The third-order valence-corrected chi connectivity index (χ3v) is 5.96. The van der Waals surface area contributed by atoms with Crippen molar-refractivity contribution in [2.75, 3.05) is 19.7 Å². The van der Waals surface area contributed by atoms with Gasteiger partial charge in [0.15, 0.2) is 0 Å². The van der Waals surface area contributed by atoms with Crippen LogP contribution >= 0.6 is 0 Å². The van der Waals surface area contributed by atoms with E-state index in [0.717, 1.165) is 12.0 Å². The lowest BCUT2D eigenvalue weighted by molar-refractivity contribution is -0.189. The van der Waals surface area contributed by atoms with E-state index < -0.39 is 28.3 Å². The van der Waals surface area contributed by atoms with Gasteiger partial charge < -0.3 is 10.1 Å². The average Bonchev–Trinajstić information content (AvgIpc) is 3.03. The van der Waals surface area contributed by atoms with Crippen LogP contribution in [0.2, 0.25) is 0 Å². The zero-order chi connectivity index (χ0) is 17.4. The minimum absolute atomic E-state index is 0.102. The second kappa shape index (κ2) is 6.20. The monoisotopic (exact) mass is 364 g/mol. The number of sulfonamides is 1. The minimum atomic E-state index is -4.53. The molecule has 5 nitrogen and oxygen atoms in total. The average molecular weight is 364 g/mol. The van der Waals surface area contributed by atoms with E-state index in [1.165, 1.54) is 6.07 Å². The lowest BCUT2D eigenvalue weighted by Gasteiger charge is -2.32. The lowest BCUT2D eigenvalue weighted by atomic mass is 9.97. The quantitative estimate of drug-likeness (QED) is 0.857. The smallest absolute Gasteiger partial charge is 0.407 e. The van der Waals surface area contributed by atoms with Crippen molar-refractivity contribution < 1.29 is 26.3 Å². The van der Waals surface area contributed by atoms with Crippen molar-refractivity contribution in [3.05, 3.63) is 23.8 Å². The summed E-state index contributed by atoms with van der Waals surface area (Å²) in [7, 11) is -4.10. The van der Waals surface area contributed by atoms with E-state index in [0.29, 0.717) is 19.4 Å². The number of rotatable bonds is 4. The topological polar surface area (TPSA) is 67.4 Å². The van der Waals surface area contributed by atoms with E-state index in [2.05, 4.69) is 10.0 Å². The highest BCUT2D eigenvalue weighted by Crippen LogP contribution is 2.37. The number of aryl methyl sites for hydroxylation is 1. The molecule has 9 heteroatoms. The number of halogens is 3. The van der Waals surface area contributed by atoms with Crippen LogP contribution in [0, 0.1) is 0 Å². The van der Waals surface area contributed by atoms with Crippen LogP contribution < -0.4 is 14.8 Å². The number of hydrogen-bond acceptors (Lipinski definition) is 4. The molecule has 2 N–H and O–H groups in total. The van der Waals surface area contributed by atoms with Gasteiger partial charge in [0.25, 0.3) is 0 Å². The van der Waals surface area contributed by atoms with E-state index in [-0.39, 0.29) is 23.6 Å². The van der Waals surface area contributed by atoms with Crippen molar-refractivity contribution in [1.82, 2.24) is 10.0 Å². The second-order valence-corrected chi connectivity index (χ2v) is 7.87. The van der Waals surface area contributed by atoms with Crippen LogP contribution in [-0.2, 0) is 16.4 Å². The van der Waals surface area contributed by atoms with E-state index >= 15 is 0 Å². The van der Waals surface area contributed by atoms with Gasteiger partial charge in [-0.3, -0.25) is 0 Å². The normalized spacial score (nSPS) is 24.5. The van der Waals surface area contributed by atoms with Gasteiger partial charge in [-0.2, -0.15) is 13.2 Å². The Morgan fingerprint density at radius 2 is 2.08 bits per heavy atom. The highest BCUT2D eigenvalue weighted by atomic mass is 32.2. The molecule has 0 aromatic heterocycles. The molecule has 1 aromatic rings. The molecule has 24 heavy (non-hydrogen) atoms. The lowest BCUT2D eigenvalue weighted by Crippen LogP contribution is -2.59. The maximum Gasteiger partial charge on any atom is 0.407 e. The highest BCUT2D eigenvalue weighted by molar-refractivity contribution is 7.89. The number of hydrogen-bond donors (Lipinski definition) is 2. The minimum Gasteiger partial charge on any atom is -0.492 e. The van der Waals surface area contributed by atoms with Gasteiger partial charge >= 0.3 is 6.18 Å². The summed E-state index contributed by atoms with van der Waals surface area (Å²) in [6.07, 6.45) is -2.86. The standard InChI is InChI=1S/C15H19F3N2O3S/c16-15(17,18)14(7-3-8-19-14)10-20-24(21,22)12-6-1-4-11-5-2-9-23-13(11)12/h1,4,6,19-20H,2-3,5,7-10H2. The van der Waals surface area contributed by atoms with Gasteiger partial charge in [0.05, 0.1) is 6.61 Å². The van der Waals surface area contributed by atoms with Crippen LogP contribution in [-0.4, -0.2) is 39.8 Å². The van der Waals surface area contributed by atoms with Crippen LogP contribution in [0.1, 0.15) is 24.8 Å². The molecule has 1 unspecified atom stereocenters. The van der Waals surface area contributed by atoms with Crippen molar-refractivity contribution in [3.63, 3.8) is 0 Å². The Labute approximate surface area is 138 Å². The van der Waals surface area contributed by atoms with Crippen molar-refractivity contribution >= 4 is 10.0 Å². The van der Waals surface area contributed by atoms with Gasteiger partial charge in [0.1, 0.15) is 16.2 Å². The third-order valence-electron chi connectivity index (χ3n) is 4.54. The molecule has 2 heterocycles. The Kier molecular flexibility index (Phi) is 4.52. The Morgan fingerprint density at radius 3 is 2.75 bits per heavy atom. The molecule has 1 atom stereocenters. The summed E-state index contributed by atoms with van der Waals surface area (Å²) in [6.45, 7) is -0.124. The Balaban J connectivity index is 1.85. The molecule has 2 aliphatic rings. The summed E-state index contributed by atoms with van der Waals surface area (Å²) in [6, 6.07) is 4.70. The molecule has 1 saturated heterocycles. The summed E-state index contributed by atoms with van der Waals surface area (Å²) < 4.78 is 72.7. The molecule has 0 amide bonds. The number of nitrogens with one attached hydrogen (secondary N) is 2. The van der Waals surface area contributed by atoms with Gasteiger partial charge in [-0.15, -0.1) is 0 Å². The van der Waals surface area contributed by atoms with E-state index in [1.54, 1.807) is 12.1 Å². The third kappa shape index (κ3) is 3.12. The fourth-order valence-electron chi connectivity index (χ4n) is 3.17. The van der Waals surface area contributed by atoms with Gasteiger partial charge in [0, 0.05) is 6.54 Å². The van der Waals surface area contributed by atoms with Gasteiger partial charge in [-0.25, -0.2) is 13.1 Å². The van der Waals surface area contributed by atoms with E-state index in [9.17, 15) is 21.6 Å². The van der Waals surface area contributed by atoms with Gasteiger partial charge in [0.2, 0.25) is 10.0 Å². The number of para-hydroxylation sites is 1. The molecule has 2 aliphatic heterocycles. The molecule has 0 radical (unpaired) electrons. The van der Waals surface area contributed by atoms with Crippen LogP contribution in [0.15, 0.2) is 23.1 Å². The first-order valence-electron chi connectivity index (χ1n) is 7.81. The fourth-order valence-corrected chi connectivity index (χ4v) is 4.45. The molecule has 0 saturated carbocycles.